The van der Waals surface area contributed by atoms with Gasteiger partial charge in [-0.1, -0.05) is 0 Å². The van der Waals surface area contributed by atoms with Crippen molar-refractivity contribution < 1.29 is 14.2 Å². The first kappa shape index (κ1) is 11.6. The third-order valence-electron chi connectivity index (χ3n) is 1.50. The number of rotatable bonds is 6. The van der Waals surface area contributed by atoms with Crippen LogP contribution in [0.15, 0.2) is 0 Å². The van der Waals surface area contributed by atoms with E-state index in [1.54, 1.807) is 0 Å². The van der Waals surface area contributed by atoms with Crippen LogP contribution in [0.3, 0.4) is 0 Å². The molecule has 0 aromatic rings. The van der Waals surface area contributed by atoms with Gasteiger partial charge in [0.05, 0.1) is 11.9 Å². The zero-order valence-electron chi connectivity index (χ0n) is 6.62. The molecular weight excluding hydrogens is 184 g/mol. The van der Waals surface area contributed by atoms with Gasteiger partial charge in [0.1, 0.15) is 0 Å². The summed E-state index contributed by atoms with van der Waals surface area (Å²) in [5.74, 6) is -1.27. The lowest BCUT2D eigenvalue weighted by Crippen LogP contribution is -2.48. The molecule has 0 aromatic carbocycles. The lowest BCUT2D eigenvalue weighted by molar-refractivity contribution is -0.155. The van der Waals surface area contributed by atoms with E-state index in [0.717, 1.165) is 0 Å². The van der Waals surface area contributed by atoms with Crippen LogP contribution in [0.2, 0.25) is 0 Å². The van der Waals surface area contributed by atoms with Gasteiger partial charge in [-0.2, -0.15) is 0 Å². The van der Waals surface area contributed by atoms with Crippen LogP contribution in [0.5, 0.6) is 0 Å². The van der Waals surface area contributed by atoms with E-state index in [-0.39, 0.29) is 6.42 Å². The highest BCUT2D eigenvalue weighted by Gasteiger charge is 2.34. The predicted octanol–water partition coefficient (Wildman–Crippen LogP) is 0.0254. The number of aliphatic carboxylic acids is 1. The van der Waals surface area contributed by atoms with Crippen LogP contribution in [0.4, 0.5) is 0 Å². The Kier molecular flexibility index (Phi) is 5.16. The molecule has 1 unspecified atom stereocenters. The number of hydrogen-bond donors (Lipinski definition) is 3. The number of halogens is 1. The average molecular weight is 197 g/mol. The molecule has 6 heteroatoms. The number of nitrogens with two attached hydrogens (primary N) is 2. The fraction of sp³-hybridized carbons (Fsp3) is 0.833. The fourth-order valence-electron chi connectivity index (χ4n) is 0.710. The Morgan fingerprint density at radius 3 is 2.50 bits per heavy atom. The zero-order valence-corrected chi connectivity index (χ0v) is 7.38. The zero-order chi connectivity index (χ0) is 9.61. The maximum absolute atomic E-state index is 10.5. The minimum atomic E-state index is -1.78. The van der Waals surface area contributed by atoms with Crippen LogP contribution in [-0.2, 0) is 9.08 Å². The molecule has 0 aromatic heterocycles. The number of carbonyl (C=O) groups is 1. The summed E-state index contributed by atoms with van der Waals surface area (Å²) in [5.41, 5.74) is 8.72. The Labute approximate surface area is 75.8 Å². The van der Waals surface area contributed by atoms with Crippen molar-refractivity contribution >= 4 is 17.8 Å². The molecule has 0 rings (SSSR count). The van der Waals surface area contributed by atoms with Crippen LogP contribution >= 0.6 is 11.9 Å². The molecule has 0 saturated heterocycles. The molecule has 5 N–H and O–H groups in total. The summed E-state index contributed by atoms with van der Waals surface area (Å²) in [6, 6.07) is 0. The smallest absolute Gasteiger partial charge is 0.352 e. The molecule has 0 radical (unpaired) electrons. The van der Waals surface area contributed by atoms with Crippen LogP contribution < -0.4 is 11.5 Å². The second kappa shape index (κ2) is 5.31. The Morgan fingerprint density at radius 2 is 2.17 bits per heavy atom. The van der Waals surface area contributed by atoms with Crippen molar-refractivity contribution in [2.45, 2.75) is 25.0 Å². The predicted molar refractivity (Wildman–Crippen MR) is 44.4 cm³/mol. The first-order chi connectivity index (χ1) is 5.56. The molecule has 1 atom stereocenters. The highest BCUT2D eigenvalue weighted by molar-refractivity contribution is 6.08. The van der Waals surface area contributed by atoms with Crippen molar-refractivity contribution in [1.29, 1.82) is 0 Å². The van der Waals surface area contributed by atoms with Gasteiger partial charge in [0.2, 0.25) is 5.72 Å². The van der Waals surface area contributed by atoms with Gasteiger partial charge in [-0.25, -0.2) is 9.08 Å². The van der Waals surface area contributed by atoms with Gasteiger partial charge >= 0.3 is 5.97 Å². The molecule has 0 aliphatic heterocycles. The van der Waals surface area contributed by atoms with Gasteiger partial charge in [-0.3, -0.25) is 5.73 Å². The van der Waals surface area contributed by atoms with Gasteiger partial charge < -0.3 is 10.8 Å². The first-order valence-corrected chi connectivity index (χ1v) is 3.90. The molecular formula is C6H13ClN2O3. The summed E-state index contributed by atoms with van der Waals surface area (Å²) < 4.78 is 4.16. The SMILES string of the molecule is NCCCCC(N)(OCl)C(=O)O. The van der Waals surface area contributed by atoms with Crippen LogP contribution in [0, 0.1) is 0 Å². The van der Waals surface area contributed by atoms with E-state index in [0.29, 0.717) is 19.4 Å². The monoisotopic (exact) mass is 196 g/mol. The summed E-state index contributed by atoms with van der Waals surface area (Å²) in [6.45, 7) is 0.498. The normalized spacial score (nSPS) is 15.6. The van der Waals surface area contributed by atoms with E-state index < -0.39 is 11.7 Å². The minimum Gasteiger partial charge on any atom is -0.478 e. The van der Waals surface area contributed by atoms with E-state index in [1.165, 1.54) is 0 Å². The van der Waals surface area contributed by atoms with Crippen LogP contribution in [0.25, 0.3) is 0 Å². The maximum atomic E-state index is 10.5. The highest BCUT2D eigenvalue weighted by Crippen LogP contribution is 2.14. The maximum Gasteiger partial charge on any atom is 0.352 e. The van der Waals surface area contributed by atoms with Crippen LogP contribution in [0.1, 0.15) is 19.3 Å². The summed E-state index contributed by atoms with van der Waals surface area (Å²) in [4.78, 5) is 10.5. The van der Waals surface area contributed by atoms with Crippen molar-refractivity contribution in [2.75, 3.05) is 6.54 Å². The molecule has 0 spiro atoms. The lowest BCUT2D eigenvalue weighted by Gasteiger charge is -2.19. The number of carboxylic acids is 1. The largest absolute Gasteiger partial charge is 0.478 e. The molecule has 0 amide bonds. The van der Waals surface area contributed by atoms with Gasteiger partial charge in [-0.15, -0.1) is 0 Å². The third kappa shape index (κ3) is 3.36. The van der Waals surface area contributed by atoms with Crippen molar-refractivity contribution in [1.82, 2.24) is 0 Å². The Hall–Kier alpha value is -0.360. The first-order valence-electron chi connectivity index (χ1n) is 3.59. The molecule has 0 bridgehead atoms. The summed E-state index contributed by atoms with van der Waals surface area (Å²) >= 11 is 4.95. The quantitative estimate of drug-likeness (QED) is 0.411. The summed E-state index contributed by atoms with van der Waals surface area (Å²) in [6.07, 6.45) is 1.43. The van der Waals surface area contributed by atoms with Crippen molar-refractivity contribution in [2.24, 2.45) is 11.5 Å². The van der Waals surface area contributed by atoms with E-state index in [1.807, 2.05) is 0 Å². The molecule has 5 nitrogen and oxygen atoms in total. The standard InChI is InChI=1S/C6H13ClN2O3/c7-12-6(9,5(10)11)3-1-2-4-8/h1-4,8-9H2,(H,10,11). The van der Waals surface area contributed by atoms with E-state index in [2.05, 4.69) is 4.29 Å². The van der Waals surface area contributed by atoms with Gasteiger partial charge in [0.15, 0.2) is 0 Å². The van der Waals surface area contributed by atoms with Crippen LogP contribution in [-0.4, -0.2) is 23.3 Å². The molecule has 72 valence electrons. The molecule has 0 heterocycles. The van der Waals surface area contributed by atoms with Gasteiger partial charge in [0.25, 0.3) is 0 Å². The molecule has 0 fully saturated rings. The van der Waals surface area contributed by atoms with Crippen molar-refractivity contribution in [3.63, 3.8) is 0 Å². The molecule has 12 heavy (non-hydrogen) atoms. The van der Waals surface area contributed by atoms with E-state index >= 15 is 0 Å². The third-order valence-corrected chi connectivity index (χ3v) is 1.78. The Balaban J connectivity index is 3.88. The van der Waals surface area contributed by atoms with Crippen molar-refractivity contribution in [3.8, 4) is 0 Å². The van der Waals surface area contributed by atoms with E-state index in [9.17, 15) is 4.79 Å². The number of carboxylic acid groups (broad SMARTS) is 1. The molecule has 0 aliphatic rings. The Morgan fingerprint density at radius 1 is 1.58 bits per heavy atom. The number of hydrogen-bond acceptors (Lipinski definition) is 4. The second-order valence-electron chi connectivity index (χ2n) is 2.52. The highest BCUT2D eigenvalue weighted by atomic mass is 35.5. The summed E-state index contributed by atoms with van der Waals surface area (Å²) in [7, 11) is 0. The molecule has 0 aliphatic carbocycles. The lowest BCUT2D eigenvalue weighted by atomic mass is 10.1. The van der Waals surface area contributed by atoms with Gasteiger partial charge in [0, 0.05) is 6.42 Å². The van der Waals surface area contributed by atoms with Crippen molar-refractivity contribution in [3.05, 3.63) is 0 Å². The van der Waals surface area contributed by atoms with E-state index in [4.69, 9.17) is 28.4 Å². The average Bonchev–Trinajstić information content (AvgIpc) is 2.04. The fourth-order valence-corrected chi connectivity index (χ4v) is 0.854. The second-order valence-corrected chi connectivity index (χ2v) is 2.67. The topological polar surface area (TPSA) is 98.6 Å². The Bertz CT molecular complexity index is 156. The number of unbranched alkanes of at least 4 members (excludes halogenated alkanes) is 1. The summed E-state index contributed by atoms with van der Waals surface area (Å²) in [5, 5.41) is 8.57. The minimum absolute atomic E-state index is 0.156. The van der Waals surface area contributed by atoms with Gasteiger partial charge in [-0.05, 0) is 19.4 Å². The molecule has 0 saturated carbocycles.